The van der Waals surface area contributed by atoms with Crippen LogP contribution in [0.2, 0.25) is 0 Å². The van der Waals surface area contributed by atoms with Crippen LogP contribution >= 0.6 is 0 Å². The Morgan fingerprint density at radius 1 is 1.07 bits per heavy atom. The summed E-state index contributed by atoms with van der Waals surface area (Å²) < 4.78 is 42.6. The number of amides is 1. The molecule has 0 saturated carbocycles. The number of nitrogens with one attached hydrogen (secondary N) is 1. The largest absolute Gasteiger partial charge is 0.454 e. The van der Waals surface area contributed by atoms with Crippen molar-refractivity contribution < 1.29 is 22.3 Å². The van der Waals surface area contributed by atoms with Gasteiger partial charge in [-0.15, -0.1) is 0 Å². The van der Waals surface area contributed by atoms with Gasteiger partial charge in [0, 0.05) is 29.6 Å². The first-order valence-electron chi connectivity index (χ1n) is 7.66. The van der Waals surface area contributed by atoms with Crippen LogP contribution in [0.4, 0.5) is 10.1 Å². The Hall–Kier alpha value is -3.33. The minimum atomic E-state index is -3.45. The highest BCUT2D eigenvalue weighted by atomic mass is 32.2. The molecule has 1 amide bonds. The van der Waals surface area contributed by atoms with Gasteiger partial charge in [-0.05, 0) is 24.3 Å². The Bertz CT molecular complexity index is 1090. The average Bonchev–Trinajstić information content (AvgIpc) is 2.61. The first-order valence-corrected chi connectivity index (χ1v) is 9.55. The van der Waals surface area contributed by atoms with Crippen molar-refractivity contribution in [1.29, 1.82) is 0 Å². The maximum atomic E-state index is 13.9. The second-order valence-corrected chi connectivity index (χ2v) is 7.62. The summed E-state index contributed by atoms with van der Waals surface area (Å²) in [6.45, 7) is 0. The maximum Gasteiger partial charge on any atom is 0.255 e. The van der Waals surface area contributed by atoms with Crippen molar-refractivity contribution in [2.75, 3.05) is 11.6 Å². The van der Waals surface area contributed by atoms with Crippen molar-refractivity contribution in [3.8, 4) is 11.5 Å². The molecule has 27 heavy (non-hydrogen) atoms. The lowest BCUT2D eigenvalue weighted by atomic mass is 10.2. The fourth-order valence-electron chi connectivity index (χ4n) is 2.24. The molecule has 138 valence electrons. The van der Waals surface area contributed by atoms with Gasteiger partial charge in [0.25, 0.3) is 5.91 Å². The minimum Gasteiger partial charge on any atom is -0.454 e. The van der Waals surface area contributed by atoms with Crippen molar-refractivity contribution >= 4 is 21.4 Å². The third kappa shape index (κ3) is 4.85. The van der Waals surface area contributed by atoms with E-state index in [0.717, 1.165) is 18.4 Å². The molecular formula is C18H14FN3O4S. The van der Waals surface area contributed by atoms with Gasteiger partial charge in [0.05, 0.1) is 17.3 Å². The molecule has 0 bridgehead atoms. The zero-order valence-electron chi connectivity index (χ0n) is 14.1. The van der Waals surface area contributed by atoms with Crippen LogP contribution in [0.1, 0.15) is 10.4 Å². The van der Waals surface area contributed by atoms with Gasteiger partial charge in [0.1, 0.15) is 17.9 Å². The fourth-order valence-corrected chi connectivity index (χ4v) is 2.91. The Morgan fingerprint density at radius 3 is 2.52 bits per heavy atom. The van der Waals surface area contributed by atoms with Gasteiger partial charge in [-0.2, -0.15) is 0 Å². The molecule has 1 aromatic heterocycles. The lowest BCUT2D eigenvalue weighted by Gasteiger charge is -2.10. The van der Waals surface area contributed by atoms with Crippen molar-refractivity contribution in [3.05, 3.63) is 72.6 Å². The second kappa shape index (κ2) is 7.50. The monoisotopic (exact) mass is 387 g/mol. The number of sulfone groups is 1. The van der Waals surface area contributed by atoms with Crippen LogP contribution in [-0.4, -0.2) is 30.5 Å². The van der Waals surface area contributed by atoms with E-state index in [2.05, 4.69) is 15.3 Å². The summed E-state index contributed by atoms with van der Waals surface area (Å²) in [5.41, 5.74) is 0.276. The predicted octanol–water partition coefficient (Wildman–Crippen LogP) is 3.06. The number of rotatable bonds is 5. The number of aromatic nitrogens is 2. The molecule has 3 aromatic rings. The van der Waals surface area contributed by atoms with E-state index < -0.39 is 21.6 Å². The quantitative estimate of drug-likeness (QED) is 0.722. The standard InChI is InChI=1S/C18H14FN3O4S/c1-27(24,25)17-4-2-3-12(5-17)18(23)22-14-6-13(19)7-15(8-14)26-16-9-20-11-21-10-16/h2-11H,1H3,(H,22,23). The van der Waals surface area contributed by atoms with Crippen LogP contribution < -0.4 is 10.1 Å². The Labute approximate surface area is 154 Å². The summed E-state index contributed by atoms with van der Waals surface area (Å²) in [6.07, 6.45) is 5.20. The summed E-state index contributed by atoms with van der Waals surface area (Å²) in [4.78, 5) is 20.0. The number of hydrogen-bond acceptors (Lipinski definition) is 6. The summed E-state index contributed by atoms with van der Waals surface area (Å²) in [6, 6.07) is 9.25. The number of anilines is 1. The van der Waals surface area contributed by atoms with Crippen LogP contribution in [0, 0.1) is 5.82 Å². The van der Waals surface area contributed by atoms with Crippen LogP contribution in [0.5, 0.6) is 11.5 Å². The number of carbonyl (C=O) groups is 1. The van der Waals surface area contributed by atoms with Gasteiger partial charge in [-0.3, -0.25) is 4.79 Å². The number of ether oxygens (including phenoxy) is 1. The number of hydrogen-bond donors (Lipinski definition) is 1. The molecule has 2 aromatic carbocycles. The second-order valence-electron chi connectivity index (χ2n) is 5.61. The highest BCUT2D eigenvalue weighted by Crippen LogP contribution is 2.25. The molecule has 0 fully saturated rings. The third-order valence-electron chi connectivity index (χ3n) is 3.43. The van der Waals surface area contributed by atoms with E-state index in [-0.39, 0.29) is 21.9 Å². The Kier molecular flexibility index (Phi) is 5.13. The van der Waals surface area contributed by atoms with Crippen LogP contribution in [0.15, 0.2) is 66.1 Å². The topological polar surface area (TPSA) is 98.2 Å². The summed E-state index contributed by atoms with van der Waals surface area (Å²) in [5, 5.41) is 2.52. The average molecular weight is 387 g/mol. The highest BCUT2D eigenvalue weighted by molar-refractivity contribution is 7.90. The smallest absolute Gasteiger partial charge is 0.255 e. The molecule has 0 atom stereocenters. The van der Waals surface area contributed by atoms with Gasteiger partial charge >= 0.3 is 0 Å². The van der Waals surface area contributed by atoms with Crippen molar-refractivity contribution in [2.45, 2.75) is 4.90 Å². The summed E-state index contributed by atoms with van der Waals surface area (Å²) >= 11 is 0. The van der Waals surface area contributed by atoms with Crippen molar-refractivity contribution in [3.63, 3.8) is 0 Å². The molecule has 1 N–H and O–H groups in total. The van der Waals surface area contributed by atoms with E-state index in [1.807, 2.05) is 0 Å². The predicted molar refractivity (Wildman–Crippen MR) is 96.0 cm³/mol. The summed E-state index contributed by atoms with van der Waals surface area (Å²) in [7, 11) is -3.45. The normalized spacial score (nSPS) is 11.0. The van der Waals surface area contributed by atoms with Crippen LogP contribution in [0.25, 0.3) is 0 Å². The number of benzene rings is 2. The lowest BCUT2D eigenvalue weighted by Crippen LogP contribution is -2.13. The molecule has 0 aliphatic carbocycles. The molecule has 0 radical (unpaired) electrons. The van der Waals surface area contributed by atoms with Gasteiger partial charge in [-0.1, -0.05) is 6.07 Å². The molecule has 9 heteroatoms. The molecule has 7 nitrogen and oxygen atoms in total. The fraction of sp³-hybridized carbons (Fsp3) is 0.0556. The first-order chi connectivity index (χ1) is 12.8. The SMILES string of the molecule is CS(=O)(=O)c1cccc(C(=O)Nc2cc(F)cc(Oc3cncnc3)c2)c1. The molecule has 0 unspecified atom stereocenters. The first kappa shape index (κ1) is 18.5. The van der Waals surface area contributed by atoms with Crippen LogP contribution in [0.3, 0.4) is 0 Å². The van der Waals surface area contributed by atoms with E-state index in [9.17, 15) is 17.6 Å². The van der Waals surface area contributed by atoms with E-state index in [4.69, 9.17) is 4.74 Å². The van der Waals surface area contributed by atoms with Gasteiger partial charge in [-0.25, -0.2) is 22.8 Å². The zero-order valence-corrected chi connectivity index (χ0v) is 14.9. The maximum absolute atomic E-state index is 13.9. The number of carbonyl (C=O) groups excluding carboxylic acids is 1. The van der Waals surface area contributed by atoms with Gasteiger partial charge in [0.2, 0.25) is 0 Å². The minimum absolute atomic E-state index is 0.0162. The molecule has 0 saturated heterocycles. The van der Waals surface area contributed by atoms with E-state index in [1.54, 1.807) is 0 Å². The molecule has 3 rings (SSSR count). The van der Waals surface area contributed by atoms with E-state index in [1.165, 1.54) is 49.1 Å². The van der Waals surface area contributed by atoms with Crippen molar-refractivity contribution in [1.82, 2.24) is 9.97 Å². The summed E-state index contributed by atoms with van der Waals surface area (Å²) in [5.74, 6) is -0.754. The molecule has 0 aliphatic rings. The number of halogens is 1. The van der Waals surface area contributed by atoms with Crippen molar-refractivity contribution in [2.24, 2.45) is 0 Å². The van der Waals surface area contributed by atoms with E-state index >= 15 is 0 Å². The molecule has 1 heterocycles. The third-order valence-corrected chi connectivity index (χ3v) is 4.54. The van der Waals surface area contributed by atoms with Gasteiger partial charge in [0.15, 0.2) is 15.6 Å². The van der Waals surface area contributed by atoms with Crippen LogP contribution in [-0.2, 0) is 9.84 Å². The Morgan fingerprint density at radius 2 is 1.81 bits per heavy atom. The molecule has 0 aliphatic heterocycles. The molecular weight excluding hydrogens is 373 g/mol. The zero-order chi connectivity index (χ0) is 19.4. The lowest BCUT2D eigenvalue weighted by molar-refractivity contribution is 0.102. The van der Waals surface area contributed by atoms with Gasteiger partial charge < -0.3 is 10.1 Å². The molecule has 0 spiro atoms. The highest BCUT2D eigenvalue weighted by Gasteiger charge is 2.13. The Balaban J connectivity index is 1.82. The number of nitrogens with zero attached hydrogens (tertiary/aromatic N) is 2. The van der Waals surface area contributed by atoms with E-state index in [0.29, 0.717) is 5.75 Å².